The van der Waals surface area contributed by atoms with Crippen molar-refractivity contribution in [1.29, 1.82) is 0 Å². The van der Waals surface area contributed by atoms with E-state index in [2.05, 4.69) is 17.2 Å². The minimum absolute atomic E-state index is 0.373. The summed E-state index contributed by atoms with van der Waals surface area (Å²) >= 11 is 5.11. The van der Waals surface area contributed by atoms with Crippen molar-refractivity contribution in [2.24, 2.45) is 5.41 Å². The van der Waals surface area contributed by atoms with Gasteiger partial charge in [0, 0.05) is 5.38 Å². The molecule has 0 N–H and O–H groups in total. The summed E-state index contributed by atoms with van der Waals surface area (Å²) in [4.78, 5) is 0. The minimum Gasteiger partial charge on any atom is -0.119 e. The van der Waals surface area contributed by atoms with Gasteiger partial charge in [0.2, 0.25) is 0 Å². The standard InChI is InChI=1S/C7H7Cl/c1-4-7(2,3)5-6-8/h1H,2-3H3. The zero-order valence-electron chi connectivity index (χ0n) is 4.96. The maximum Gasteiger partial charge on any atom is 0.0872 e. The summed E-state index contributed by atoms with van der Waals surface area (Å²) in [6.07, 6.45) is 5.08. The molecule has 0 aromatic rings. The molecule has 0 unspecified atom stereocenters. The van der Waals surface area contributed by atoms with Gasteiger partial charge in [0.25, 0.3) is 0 Å². The molecule has 8 heavy (non-hydrogen) atoms. The number of halogens is 1. The topological polar surface area (TPSA) is 0 Å². The molecule has 0 aromatic heterocycles. The summed E-state index contributed by atoms with van der Waals surface area (Å²) in [7, 11) is 0. The molecule has 0 spiro atoms. The minimum atomic E-state index is -0.373. The Labute approximate surface area is 55.2 Å². The van der Waals surface area contributed by atoms with Crippen molar-refractivity contribution in [2.75, 3.05) is 0 Å². The van der Waals surface area contributed by atoms with Gasteiger partial charge in [-0.05, 0) is 25.4 Å². The first kappa shape index (κ1) is 7.41. The molecule has 0 rings (SSSR count). The van der Waals surface area contributed by atoms with E-state index in [0.717, 1.165) is 0 Å². The molecular weight excluding hydrogens is 120 g/mol. The van der Waals surface area contributed by atoms with Crippen molar-refractivity contribution >= 4 is 11.6 Å². The Balaban J connectivity index is 4.12. The van der Waals surface area contributed by atoms with E-state index in [9.17, 15) is 0 Å². The van der Waals surface area contributed by atoms with Crippen LogP contribution in [0.4, 0.5) is 0 Å². The predicted molar refractivity (Wildman–Crippen MR) is 36.2 cm³/mol. The summed E-state index contributed by atoms with van der Waals surface area (Å²) in [6, 6.07) is 0. The molecule has 0 saturated heterocycles. The highest BCUT2D eigenvalue weighted by Gasteiger charge is 2.06. The molecule has 0 nitrogen and oxygen atoms in total. The van der Waals surface area contributed by atoms with E-state index in [4.69, 9.17) is 18.0 Å². The second-order valence-corrected chi connectivity index (χ2v) is 2.18. The van der Waals surface area contributed by atoms with Crippen LogP contribution in [0.2, 0.25) is 0 Å². The smallest absolute Gasteiger partial charge is 0.0872 e. The molecule has 0 radical (unpaired) electrons. The van der Waals surface area contributed by atoms with Crippen LogP contribution in [-0.4, -0.2) is 0 Å². The highest BCUT2D eigenvalue weighted by molar-refractivity contribution is 6.30. The number of terminal acetylenes is 1. The highest BCUT2D eigenvalue weighted by Crippen LogP contribution is 2.09. The maximum absolute atomic E-state index is 5.11. The van der Waals surface area contributed by atoms with Crippen LogP contribution in [0.25, 0.3) is 0 Å². The molecule has 0 amide bonds. The second-order valence-electron chi connectivity index (χ2n) is 1.99. The van der Waals surface area contributed by atoms with E-state index in [1.807, 2.05) is 13.8 Å². The van der Waals surface area contributed by atoms with Gasteiger partial charge in [-0.2, -0.15) is 0 Å². The van der Waals surface area contributed by atoms with Crippen molar-refractivity contribution in [3.63, 3.8) is 0 Å². The highest BCUT2D eigenvalue weighted by atomic mass is 35.5. The molecule has 0 aliphatic rings. The van der Waals surface area contributed by atoms with Crippen LogP contribution in [0.1, 0.15) is 13.8 Å². The molecule has 1 heteroatoms. The Morgan fingerprint density at radius 3 is 2.12 bits per heavy atom. The Hall–Kier alpha value is -0.590. The second kappa shape index (κ2) is 2.65. The Morgan fingerprint density at radius 2 is 2.00 bits per heavy atom. The molecule has 0 aliphatic carbocycles. The van der Waals surface area contributed by atoms with Gasteiger partial charge >= 0.3 is 0 Å². The first-order valence-electron chi connectivity index (χ1n) is 2.23. The normalized spacial score (nSPS) is 8.75. The molecule has 0 heterocycles. The number of hydrogen-bond acceptors (Lipinski definition) is 0. The Kier molecular flexibility index (Phi) is 2.46. The van der Waals surface area contributed by atoms with Crippen LogP contribution in [0.3, 0.4) is 0 Å². The average Bonchev–Trinajstić information content (AvgIpc) is 1.67. The van der Waals surface area contributed by atoms with E-state index in [0.29, 0.717) is 0 Å². The molecule has 42 valence electrons. The quantitative estimate of drug-likeness (QED) is 0.435. The fourth-order valence-corrected chi connectivity index (χ4v) is 0.390. The summed E-state index contributed by atoms with van der Waals surface area (Å²) in [5.41, 5.74) is -0.373. The molecule has 0 aromatic carbocycles. The van der Waals surface area contributed by atoms with E-state index in [1.165, 1.54) is 0 Å². The Bertz CT molecular complexity index is 161. The summed E-state index contributed by atoms with van der Waals surface area (Å²) < 4.78 is 0. The van der Waals surface area contributed by atoms with E-state index < -0.39 is 0 Å². The fraction of sp³-hybridized carbons (Fsp3) is 0.429. The predicted octanol–water partition coefficient (Wildman–Crippen LogP) is 1.85. The molecule has 0 atom stereocenters. The summed E-state index contributed by atoms with van der Waals surface area (Å²) in [6.45, 7) is 3.67. The van der Waals surface area contributed by atoms with Crippen LogP contribution >= 0.6 is 11.6 Å². The molecule has 0 bridgehead atoms. The molecule has 0 fully saturated rings. The first-order chi connectivity index (χ1) is 3.62. The van der Waals surface area contributed by atoms with Crippen LogP contribution in [-0.2, 0) is 0 Å². The molecule has 0 aliphatic heterocycles. The molecule has 0 saturated carbocycles. The van der Waals surface area contributed by atoms with Crippen molar-refractivity contribution in [3.05, 3.63) is 0 Å². The lowest BCUT2D eigenvalue weighted by atomic mass is 9.97. The third kappa shape index (κ3) is 2.56. The Morgan fingerprint density at radius 1 is 1.50 bits per heavy atom. The third-order valence-electron chi connectivity index (χ3n) is 0.721. The molecular formula is C7H7Cl. The number of rotatable bonds is 0. The fourth-order valence-electron chi connectivity index (χ4n) is 0.154. The van der Waals surface area contributed by atoms with E-state index >= 15 is 0 Å². The van der Waals surface area contributed by atoms with Gasteiger partial charge in [0.15, 0.2) is 0 Å². The zero-order chi connectivity index (χ0) is 6.62. The lowest BCUT2D eigenvalue weighted by Crippen LogP contribution is -2.01. The van der Waals surface area contributed by atoms with Gasteiger partial charge in [-0.25, -0.2) is 0 Å². The zero-order valence-corrected chi connectivity index (χ0v) is 5.71. The maximum atomic E-state index is 5.11. The van der Waals surface area contributed by atoms with Crippen molar-refractivity contribution < 1.29 is 0 Å². The van der Waals surface area contributed by atoms with Gasteiger partial charge in [-0.3, -0.25) is 0 Å². The average molecular weight is 127 g/mol. The number of hydrogen-bond donors (Lipinski definition) is 0. The van der Waals surface area contributed by atoms with Gasteiger partial charge in [-0.15, -0.1) is 6.42 Å². The van der Waals surface area contributed by atoms with E-state index in [1.54, 1.807) is 0 Å². The third-order valence-corrected chi connectivity index (χ3v) is 0.815. The largest absolute Gasteiger partial charge is 0.119 e. The lowest BCUT2D eigenvalue weighted by molar-refractivity contribution is 0.687. The van der Waals surface area contributed by atoms with Crippen LogP contribution in [0, 0.1) is 29.1 Å². The SMILES string of the molecule is C#CC(C)(C)C#CCl. The van der Waals surface area contributed by atoms with Crippen molar-refractivity contribution in [3.8, 4) is 23.6 Å². The summed E-state index contributed by atoms with van der Waals surface area (Å²) in [5, 5.41) is 2.24. The first-order valence-corrected chi connectivity index (χ1v) is 2.61. The van der Waals surface area contributed by atoms with Crippen LogP contribution < -0.4 is 0 Å². The van der Waals surface area contributed by atoms with Gasteiger partial charge < -0.3 is 0 Å². The van der Waals surface area contributed by atoms with Gasteiger partial charge in [0.05, 0.1) is 5.41 Å². The lowest BCUT2D eigenvalue weighted by Gasteiger charge is -2.04. The van der Waals surface area contributed by atoms with Crippen LogP contribution in [0.5, 0.6) is 0 Å². The van der Waals surface area contributed by atoms with Gasteiger partial charge in [-0.1, -0.05) is 11.8 Å². The van der Waals surface area contributed by atoms with Crippen molar-refractivity contribution in [1.82, 2.24) is 0 Å². The van der Waals surface area contributed by atoms with E-state index in [-0.39, 0.29) is 5.41 Å². The van der Waals surface area contributed by atoms with Gasteiger partial charge in [0.1, 0.15) is 0 Å². The van der Waals surface area contributed by atoms with Crippen molar-refractivity contribution in [2.45, 2.75) is 13.8 Å². The van der Waals surface area contributed by atoms with Crippen LogP contribution in [0.15, 0.2) is 0 Å². The monoisotopic (exact) mass is 126 g/mol. The summed E-state index contributed by atoms with van der Waals surface area (Å²) in [5.74, 6) is 5.14.